The van der Waals surface area contributed by atoms with Crippen LogP contribution in [-0.2, 0) is 0 Å². The summed E-state index contributed by atoms with van der Waals surface area (Å²) in [6, 6.07) is 24.7. The van der Waals surface area contributed by atoms with Crippen molar-refractivity contribution >= 4 is 15.9 Å². The van der Waals surface area contributed by atoms with Crippen LogP contribution in [0.1, 0.15) is 35.8 Å². The molecule has 0 saturated heterocycles. The lowest BCUT2D eigenvalue weighted by Crippen LogP contribution is -2.26. The molecule has 23 heavy (non-hydrogen) atoms. The second-order valence-corrected chi connectivity index (χ2v) is 7.60. The lowest BCUT2D eigenvalue weighted by atomic mass is 9.61. The van der Waals surface area contributed by atoms with Crippen molar-refractivity contribution in [3.63, 3.8) is 0 Å². The van der Waals surface area contributed by atoms with E-state index in [0.717, 1.165) is 16.3 Å². The maximum absolute atomic E-state index is 3.52. The highest BCUT2D eigenvalue weighted by molar-refractivity contribution is 9.10. The van der Waals surface area contributed by atoms with E-state index in [9.17, 15) is 0 Å². The largest absolute Gasteiger partial charge is 0.0619 e. The summed E-state index contributed by atoms with van der Waals surface area (Å²) in [7, 11) is 0. The van der Waals surface area contributed by atoms with Crippen molar-refractivity contribution in [2.45, 2.75) is 24.7 Å². The molecule has 2 unspecified atom stereocenters. The summed E-state index contributed by atoms with van der Waals surface area (Å²) in [5.41, 5.74) is 8.60. The monoisotopic (exact) mass is 360 g/mol. The van der Waals surface area contributed by atoms with Crippen molar-refractivity contribution in [1.29, 1.82) is 0 Å². The van der Waals surface area contributed by atoms with E-state index in [-0.39, 0.29) is 0 Å². The first-order valence-electron chi connectivity index (χ1n) is 8.30. The summed E-state index contributed by atoms with van der Waals surface area (Å²) in [6.45, 7) is 0. The van der Waals surface area contributed by atoms with Gasteiger partial charge in [0.15, 0.2) is 0 Å². The Kier molecular flexibility index (Phi) is 2.99. The molecule has 3 aromatic carbocycles. The van der Waals surface area contributed by atoms with Crippen LogP contribution in [0.5, 0.6) is 0 Å². The number of benzene rings is 3. The standard InChI is InChI=1S/C22H17Br/c23-16-8-5-14(6-9-16)15-7-10-21-20-12-11-19(20)17-3-1-2-4-18(17)22(21)13-15/h1-10,13,19-20H,11-12H2. The smallest absolute Gasteiger partial charge is 0.0175 e. The Bertz CT molecular complexity index is 892. The van der Waals surface area contributed by atoms with E-state index in [1.807, 2.05) is 0 Å². The quantitative estimate of drug-likeness (QED) is 0.449. The van der Waals surface area contributed by atoms with Gasteiger partial charge in [-0.3, -0.25) is 0 Å². The highest BCUT2D eigenvalue weighted by Crippen LogP contribution is 2.57. The number of rotatable bonds is 1. The highest BCUT2D eigenvalue weighted by Gasteiger charge is 2.39. The Labute approximate surface area is 145 Å². The Morgan fingerprint density at radius 3 is 2.04 bits per heavy atom. The topological polar surface area (TPSA) is 0 Å². The minimum Gasteiger partial charge on any atom is -0.0619 e. The molecule has 2 atom stereocenters. The second-order valence-electron chi connectivity index (χ2n) is 6.69. The predicted octanol–water partition coefficient (Wildman–Crippen LogP) is 6.76. The van der Waals surface area contributed by atoms with Crippen LogP contribution >= 0.6 is 15.9 Å². The number of hydrogen-bond donors (Lipinski definition) is 0. The van der Waals surface area contributed by atoms with Gasteiger partial charge >= 0.3 is 0 Å². The molecule has 0 heterocycles. The SMILES string of the molecule is Brc1ccc(-c2ccc3c(c2)-c2ccccc2C2CCC32)cc1. The maximum Gasteiger partial charge on any atom is 0.0175 e. The van der Waals surface area contributed by atoms with Crippen molar-refractivity contribution in [2.75, 3.05) is 0 Å². The average molecular weight is 361 g/mol. The fourth-order valence-electron chi connectivity index (χ4n) is 4.24. The Morgan fingerprint density at radius 1 is 0.652 bits per heavy atom. The van der Waals surface area contributed by atoms with Crippen molar-refractivity contribution in [3.8, 4) is 22.3 Å². The molecule has 2 aliphatic rings. The molecule has 3 aromatic rings. The zero-order valence-corrected chi connectivity index (χ0v) is 14.4. The van der Waals surface area contributed by atoms with E-state index in [2.05, 4.69) is 82.7 Å². The minimum atomic E-state index is 0.735. The molecule has 0 nitrogen and oxygen atoms in total. The molecule has 112 valence electrons. The Hall–Kier alpha value is -1.86. The zero-order valence-electron chi connectivity index (χ0n) is 12.8. The summed E-state index contributed by atoms with van der Waals surface area (Å²) in [5, 5.41) is 0. The number of halogens is 1. The fourth-order valence-corrected chi connectivity index (χ4v) is 4.51. The van der Waals surface area contributed by atoms with Gasteiger partial charge < -0.3 is 0 Å². The van der Waals surface area contributed by atoms with Gasteiger partial charge in [0, 0.05) is 4.47 Å². The van der Waals surface area contributed by atoms with E-state index >= 15 is 0 Å². The highest BCUT2D eigenvalue weighted by atomic mass is 79.9. The van der Waals surface area contributed by atoms with Gasteiger partial charge in [0.1, 0.15) is 0 Å². The molecule has 1 fully saturated rings. The first-order valence-corrected chi connectivity index (χ1v) is 9.10. The lowest BCUT2D eigenvalue weighted by Gasteiger charge is -2.43. The van der Waals surface area contributed by atoms with Crippen LogP contribution in [0.25, 0.3) is 22.3 Å². The van der Waals surface area contributed by atoms with Crippen molar-refractivity contribution in [1.82, 2.24) is 0 Å². The van der Waals surface area contributed by atoms with E-state index < -0.39 is 0 Å². The van der Waals surface area contributed by atoms with Crippen LogP contribution in [0.4, 0.5) is 0 Å². The van der Waals surface area contributed by atoms with E-state index in [0.29, 0.717) is 0 Å². The average Bonchev–Trinajstić information content (AvgIpc) is 2.55. The van der Waals surface area contributed by atoms with Crippen LogP contribution in [-0.4, -0.2) is 0 Å². The van der Waals surface area contributed by atoms with E-state index in [1.54, 1.807) is 11.1 Å². The first kappa shape index (κ1) is 13.6. The van der Waals surface area contributed by atoms with Crippen molar-refractivity contribution in [2.24, 2.45) is 0 Å². The van der Waals surface area contributed by atoms with E-state index in [4.69, 9.17) is 0 Å². The molecule has 0 bridgehead atoms. The van der Waals surface area contributed by atoms with Gasteiger partial charge in [0.25, 0.3) is 0 Å². The second kappa shape index (κ2) is 5.07. The van der Waals surface area contributed by atoms with Crippen LogP contribution in [0.3, 0.4) is 0 Å². The van der Waals surface area contributed by atoms with Crippen LogP contribution in [0.15, 0.2) is 71.2 Å². The van der Waals surface area contributed by atoms with Gasteiger partial charge in [0.05, 0.1) is 0 Å². The molecule has 0 spiro atoms. The summed E-state index contributed by atoms with van der Waals surface area (Å²) < 4.78 is 1.13. The first-order chi connectivity index (χ1) is 11.3. The third kappa shape index (κ3) is 2.03. The summed E-state index contributed by atoms with van der Waals surface area (Å²) in [4.78, 5) is 0. The molecule has 0 aromatic heterocycles. The third-order valence-electron chi connectivity index (χ3n) is 5.56. The third-order valence-corrected chi connectivity index (χ3v) is 6.08. The molecule has 0 N–H and O–H groups in total. The normalized spacial score (nSPS) is 20.9. The predicted molar refractivity (Wildman–Crippen MR) is 99.7 cm³/mol. The van der Waals surface area contributed by atoms with Crippen LogP contribution in [0, 0.1) is 0 Å². The molecule has 0 aliphatic heterocycles. The molecule has 5 rings (SSSR count). The molecule has 2 aliphatic carbocycles. The van der Waals surface area contributed by atoms with E-state index in [1.165, 1.54) is 35.1 Å². The van der Waals surface area contributed by atoms with Gasteiger partial charge in [-0.05, 0) is 76.3 Å². The van der Waals surface area contributed by atoms with Gasteiger partial charge in [-0.2, -0.15) is 0 Å². The van der Waals surface area contributed by atoms with Gasteiger partial charge in [-0.1, -0.05) is 64.5 Å². The minimum absolute atomic E-state index is 0.735. The van der Waals surface area contributed by atoms with Gasteiger partial charge in [-0.25, -0.2) is 0 Å². The lowest BCUT2D eigenvalue weighted by molar-refractivity contribution is 0.343. The Balaban J connectivity index is 1.70. The summed E-state index contributed by atoms with van der Waals surface area (Å²) in [5.74, 6) is 1.48. The molecule has 1 saturated carbocycles. The number of fused-ring (bicyclic) bond motifs is 6. The van der Waals surface area contributed by atoms with Gasteiger partial charge in [0.2, 0.25) is 0 Å². The summed E-state index contributed by atoms with van der Waals surface area (Å²) >= 11 is 3.52. The molecule has 1 heteroatoms. The zero-order chi connectivity index (χ0) is 15.4. The van der Waals surface area contributed by atoms with Gasteiger partial charge in [-0.15, -0.1) is 0 Å². The van der Waals surface area contributed by atoms with Crippen molar-refractivity contribution < 1.29 is 0 Å². The van der Waals surface area contributed by atoms with Crippen LogP contribution < -0.4 is 0 Å². The maximum atomic E-state index is 3.52. The van der Waals surface area contributed by atoms with Crippen molar-refractivity contribution in [3.05, 3.63) is 82.3 Å². The summed E-state index contributed by atoms with van der Waals surface area (Å²) in [6.07, 6.45) is 2.68. The van der Waals surface area contributed by atoms with Crippen LogP contribution in [0.2, 0.25) is 0 Å². The Morgan fingerprint density at radius 2 is 1.30 bits per heavy atom. The number of hydrogen-bond acceptors (Lipinski definition) is 0. The molecular formula is C22H17Br. The molecule has 0 amide bonds. The fraction of sp³-hybridized carbons (Fsp3) is 0.182. The molecule has 0 radical (unpaired) electrons. The molecular weight excluding hydrogens is 344 g/mol.